The van der Waals surface area contributed by atoms with Crippen molar-refractivity contribution in [2.24, 2.45) is 0 Å². The van der Waals surface area contributed by atoms with E-state index in [0.717, 1.165) is 19.4 Å². The Morgan fingerprint density at radius 2 is 0.821 bits per heavy atom. The van der Waals surface area contributed by atoms with Gasteiger partial charge in [0.15, 0.2) is 0 Å². The summed E-state index contributed by atoms with van der Waals surface area (Å²) in [6, 6.07) is 0. The molecular formula is C26H54NO+. The van der Waals surface area contributed by atoms with Crippen LogP contribution in [0.1, 0.15) is 142 Å². The van der Waals surface area contributed by atoms with Crippen LogP contribution >= 0.6 is 0 Å². The average molecular weight is 397 g/mol. The van der Waals surface area contributed by atoms with E-state index >= 15 is 0 Å². The van der Waals surface area contributed by atoms with Gasteiger partial charge in [0.25, 0.3) is 0 Å². The summed E-state index contributed by atoms with van der Waals surface area (Å²) in [5, 5.41) is 0. The van der Waals surface area contributed by atoms with E-state index in [2.05, 4.69) is 27.9 Å². The van der Waals surface area contributed by atoms with Gasteiger partial charge in [0.05, 0.1) is 27.1 Å². The highest BCUT2D eigenvalue weighted by molar-refractivity contribution is 5.68. The molecule has 0 rings (SSSR count). The molecule has 0 heterocycles. The molecule has 0 aromatic rings. The van der Waals surface area contributed by atoms with Crippen molar-refractivity contribution < 1.29 is 9.28 Å². The van der Waals surface area contributed by atoms with Gasteiger partial charge in [0.1, 0.15) is 0 Å². The summed E-state index contributed by atoms with van der Waals surface area (Å²) in [5.74, 6) is 0.443. The first kappa shape index (κ1) is 27.6. The second-order valence-electron chi connectivity index (χ2n) is 9.56. The van der Waals surface area contributed by atoms with E-state index in [1.165, 1.54) is 116 Å². The fourth-order valence-corrected chi connectivity index (χ4v) is 4.01. The summed E-state index contributed by atoms with van der Waals surface area (Å²) in [5.41, 5.74) is 0. The smallest absolute Gasteiger partial charge is 0.265 e. The number of quaternary nitrogens is 1. The monoisotopic (exact) mass is 396 g/mol. The molecule has 1 amide bonds. The number of unbranched alkanes of at least 4 members (excludes halogenated alkanes) is 17. The molecule has 0 aromatic carbocycles. The Labute approximate surface area is 178 Å². The average Bonchev–Trinajstić information content (AvgIpc) is 2.68. The maximum Gasteiger partial charge on any atom is 0.313 e. The first-order valence-corrected chi connectivity index (χ1v) is 12.9. The number of carbonyl (C=O) groups is 1. The number of amides is 1. The molecule has 0 spiro atoms. The van der Waals surface area contributed by atoms with Crippen LogP contribution in [0, 0.1) is 0 Å². The quantitative estimate of drug-likeness (QED) is 0.140. The summed E-state index contributed by atoms with van der Waals surface area (Å²) in [6.07, 6.45) is 26.3. The molecule has 0 fully saturated rings. The fourth-order valence-electron chi connectivity index (χ4n) is 4.01. The fraction of sp³-hybridized carbons (Fsp3) is 0.962. The highest BCUT2D eigenvalue weighted by Gasteiger charge is 2.24. The van der Waals surface area contributed by atoms with Crippen molar-refractivity contribution in [3.63, 3.8) is 0 Å². The second-order valence-corrected chi connectivity index (χ2v) is 9.56. The Balaban J connectivity index is 3.51. The summed E-state index contributed by atoms with van der Waals surface area (Å²) < 4.78 is 0.591. The van der Waals surface area contributed by atoms with Crippen LogP contribution in [0.2, 0.25) is 0 Å². The third-order valence-electron chi connectivity index (χ3n) is 6.24. The zero-order chi connectivity index (χ0) is 20.9. The van der Waals surface area contributed by atoms with Gasteiger partial charge < -0.3 is 0 Å². The van der Waals surface area contributed by atoms with Gasteiger partial charge in [0, 0.05) is 0 Å². The van der Waals surface area contributed by atoms with Crippen LogP contribution in [0.15, 0.2) is 0 Å². The van der Waals surface area contributed by atoms with Gasteiger partial charge in [0.2, 0.25) is 0 Å². The number of hydrogen-bond acceptors (Lipinski definition) is 1. The third kappa shape index (κ3) is 17.7. The highest BCUT2D eigenvalue weighted by atomic mass is 16.2. The largest absolute Gasteiger partial charge is 0.313 e. The Kier molecular flexibility index (Phi) is 19.7. The predicted molar refractivity (Wildman–Crippen MR) is 126 cm³/mol. The minimum Gasteiger partial charge on any atom is -0.265 e. The summed E-state index contributed by atoms with van der Waals surface area (Å²) in [6.45, 7) is 5.57. The van der Waals surface area contributed by atoms with Gasteiger partial charge in [-0.05, 0) is 19.3 Å². The lowest BCUT2D eigenvalue weighted by molar-refractivity contribution is -0.814. The van der Waals surface area contributed by atoms with Crippen molar-refractivity contribution in [3.8, 4) is 0 Å². The highest BCUT2D eigenvalue weighted by Crippen LogP contribution is 2.15. The van der Waals surface area contributed by atoms with Gasteiger partial charge >= 0.3 is 5.91 Å². The second kappa shape index (κ2) is 19.9. The first-order valence-electron chi connectivity index (χ1n) is 12.9. The molecule has 0 N–H and O–H groups in total. The van der Waals surface area contributed by atoms with Crippen LogP contribution in [0.5, 0.6) is 0 Å². The summed E-state index contributed by atoms with van der Waals surface area (Å²) in [7, 11) is 4.23. The SMILES string of the molecule is CCCCCCCCCCCC[N+](C)(C)C(=O)CCCCCCCCCCC. The molecule has 28 heavy (non-hydrogen) atoms. The number of rotatable bonds is 21. The number of nitrogens with zero attached hydrogens (tertiary/aromatic N) is 1. The van der Waals surface area contributed by atoms with Gasteiger partial charge in [-0.2, -0.15) is 0 Å². The van der Waals surface area contributed by atoms with Crippen molar-refractivity contribution in [3.05, 3.63) is 0 Å². The Bertz CT molecular complexity index is 337. The van der Waals surface area contributed by atoms with Crippen molar-refractivity contribution in [1.29, 1.82) is 0 Å². The van der Waals surface area contributed by atoms with E-state index in [0.29, 0.717) is 10.4 Å². The predicted octanol–water partition coefficient (Wildman–Crippen LogP) is 8.43. The van der Waals surface area contributed by atoms with Crippen LogP contribution in [-0.4, -0.2) is 31.0 Å². The molecule has 2 heteroatoms. The Hall–Kier alpha value is -0.370. The maximum absolute atomic E-state index is 12.5. The van der Waals surface area contributed by atoms with Crippen LogP contribution in [0.4, 0.5) is 0 Å². The van der Waals surface area contributed by atoms with E-state index < -0.39 is 0 Å². The van der Waals surface area contributed by atoms with E-state index in [-0.39, 0.29) is 0 Å². The minimum atomic E-state index is 0.443. The summed E-state index contributed by atoms with van der Waals surface area (Å²) >= 11 is 0. The van der Waals surface area contributed by atoms with E-state index in [9.17, 15) is 4.79 Å². The lowest BCUT2D eigenvalue weighted by Crippen LogP contribution is -2.46. The third-order valence-corrected chi connectivity index (χ3v) is 6.24. The van der Waals surface area contributed by atoms with Crippen molar-refractivity contribution >= 4 is 5.91 Å². The van der Waals surface area contributed by atoms with E-state index in [4.69, 9.17) is 0 Å². The molecule has 0 bridgehead atoms. The zero-order valence-electron chi connectivity index (χ0n) is 20.2. The molecule has 0 aliphatic rings. The number of hydrogen-bond donors (Lipinski definition) is 0. The van der Waals surface area contributed by atoms with E-state index in [1.54, 1.807) is 0 Å². The molecule has 0 saturated carbocycles. The number of carbonyl (C=O) groups excluding carboxylic acids is 1. The zero-order valence-corrected chi connectivity index (χ0v) is 20.2. The van der Waals surface area contributed by atoms with Crippen molar-refractivity contribution in [1.82, 2.24) is 0 Å². The molecule has 0 aliphatic heterocycles. The van der Waals surface area contributed by atoms with Crippen molar-refractivity contribution in [2.75, 3.05) is 20.6 Å². The first-order chi connectivity index (χ1) is 13.5. The molecule has 168 valence electrons. The minimum absolute atomic E-state index is 0.443. The molecule has 0 aliphatic carbocycles. The Morgan fingerprint density at radius 1 is 0.500 bits per heavy atom. The van der Waals surface area contributed by atoms with Crippen LogP contribution < -0.4 is 0 Å². The lowest BCUT2D eigenvalue weighted by Gasteiger charge is -2.27. The summed E-state index contributed by atoms with van der Waals surface area (Å²) in [4.78, 5) is 12.5. The van der Waals surface area contributed by atoms with Gasteiger partial charge in [-0.1, -0.05) is 117 Å². The standard InChI is InChI=1S/C26H54NO/c1-5-7-9-11-13-15-17-19-21-23-25-27(3,4)26(28)24-22-20-18-16-14-12-10-8-6-2/h5-25H2,1-4H3/q+1. The van der Waals surface area contributed by atoms with Gasteiger partial charge in [-0.3, -0.25) is 4.48 Å². The lowest BCUT2D eigenvalue weighted by atomic mass is 10.1. The van der Waals surface area contributed by atoms with Crippen LogP contribution in [-0.2, 0) is 4.79 Å². The molecular weight excluding hydrogens is 342 g/mol. The topological polar surface area (TPSA) is 17.1 Å². The molecule has 0 aromatic heterocycles. The van der Waals surface area contributed by atoms with Crippen LogP contribution in [0.25, 0.3) is 0 Å². The normalized spacial score (nSPS) is 11.9. The maximum atomic E-state index is 12.5. The van der Waals surface area contributed by atoms with Gasteiger partial charge in [-0.25, -0.2) is 4.79 Å². The molecule has 2 nitrogen and oxygen atoms in total. The van der Waals surface area contributed by atoms with Gasteiger partial charge in [-0.15, -0.1) is 0 Å². The molecule has 0 radical (unpaired) electrons. The molecule has 0 unspecified atom stereocenters. The van der Waals surface area contributed by atoms with E-state index in [1.807, 2.05) is 0 Å². The Morgan fingerprint density at radius 3 is 1.21 bits per heavy atom. The van der Waals surface area contributed by atoms with Crippen molar-refractivity contribution in [2.45, 2.75) is 142 Å². The molecule has 0 saturated heterocycles. The molecule has 0 atom stereocenters. The van der Waals surface area contributed by atoms with Crippen LogP contribution in [0.3, 0.4) is 0 Å².